The molecule has 1 aromatic rings. The monoisotopic (exact) mass is 543 g/mol. The van der Waals surface area contributed by atoms with E-state index >= 15 is 0 Å². The molecular weight excluding hydrogens is 505 g/mol. The molecule has 3 heterocycles. The maximum atomic E-state index is 12.7. The molecule has 8 nitrogen and oxygen atoms in total. The molecule has 2 fully saturated rings. The zero-order valence-electron chi connectivity index (χ0n) is 18.9. The van der Waals surface area contributed by atoms with Crippen LogP contribution >= 0.6 is 24.0 Å². The van der Waals surface area contributed by atoms with Crippen LogP contribution in [0.1, 0.15) is 32.6 Å². The van der Waals surface area contributed by atoms with E-state index in [1.54, 1.807) is 6.20 Å². The maximum absolute atomic E-state index is 12.7. The lowest BCUT2D eigenvalue weighted by molar-refractivity contribution is -0.135. The van der Waals surface area contributed by atoms with Crippen molar-refractivity contribution in [2.45, 2.75) is 38.6 Å². The summed E-state index contributed by atoms with van der Waals surface area (Å²) in [7, 11) is 1.84. The van der Waals surface area contributed by atoms with Gasteiger partial charge < -0.3 is 20.4 Å². The highest BCUT2D eigenvalue weighted by molar-refractivity contribution is 14.0. The Morgan fingerprint density at radius 1 is 1.06 bits per heavy atom. The molecule has 0 radical (unpaired) electrons. The van der Waals surface area contributed by atoms with Crippen LogP contribution < -0.4 is 10.6 Å². The first kappa shape index (κ1) is 25.6. The Labute approximate surface area is 203 Å². The predicted molar refractivity (Wildman–Crippen MR) is 137 cm³/mol. The van der Waals surface area contributed by atoms with Crippen molar-refractivity contribution in [1.29, 1.82) is 0 Å². The number of hydrogen-bond donors (Lipinski definition) is 2. The third-order valence-electron chi connectivity index (χ3n) is 6.01. The third kappa shape index (κ3) is 7.78. The number of pyridine rings is 1. The molecule has 0 bridgehead atoms. The van der Waals surface area contributed by atoms with E-state index in [1.807, 2.05) is 30.1 Å². The number of amides is 1. The summed E-state index contributed by atoms with van der Waals surface area (Å²) < 4.78 is 0. The van der Waals surface area contributed by atoms with E-state index in [-0.39, 0.29) is 30.0 Å². The van der Waals surface area contributed by atoms with E-state index in [0.29, 0.717) is 5.91 Å². The summed E-state index contributed by atoms with van der Waals surface area (Å²) in [6.07, 6.45) is 6.24. The zero-order chi connectivity index (χ0) is 21.2. The van der Waals surface area contributed by atoms with Crippen LogP contribution in [0.15, 0.2) is 29.4 Å². The molecule has 3 rings (SSSR count). The number of piperazine rings is 1. The fraction of sp³-hybridized carbons (Fsp3) is 0.682. The normalized spacial score (nSPS) is 18.5. The van der Waals surface area contributed by atoms with Gasteiger partial charge in [-0.2, -0.15) is 0 Å². The van der Waals surface area contributed by atoms with Gasteiger partial charge in [-0.25, -0.2) is 4.98 Å². The van der Waals surface area contributed by atoms with E-state index in [4.69, 9.17) is 0 Å². The predicted octanol–water partition coefficient (Wildman–Crippen LogP) is 2.10. The first-order valence-electron chi connectivity index (χ1n) is 11.3. The molecule has 2 aliphatic rings. The lowest BCUT2D eigenvalue weighted by Crippen LogP contribution is -2.57. The van der Waals surface area contributed by atoms with Crippen LogP contribution in [0, 0.1) is 0 Å². The van der Waals surface area contributed by atoms with Crippen molar-refractivity contribution in [1.82, 2.24) is 25.0 Å². The average molecular weight is 543 g/mol. The number of anilines is 1. The number of aliphatic imine (C=N–C) groups is 1. The van der Waals surface area contributed by atoms with Crippen LogP contribution in [0.4, 0.5) is 5.82 Å². The molecule has 0 spiro atoms. The Balaban J connectivity index is 0.00000341. The lowest BCUT2D eigenvalue weighted by Gasteiger charge is -2.39. The van der Waals surface area contributed by atoms with Gasteiger partial charge in [-0.1, -0.05) is 6.07 Å². The zero-order valence-corrected chi connectivity index (χ0v) is 21.3. The topological polar surface area (TPSA) is 76.1 Å². The summed E-state index contributed by atoms with van der Waals surface area (Å²) >= 11 is 0. The summed E-state index contributed by atoms with van der Waals surface area (Å²) in [4.78, 5) is 28.0. The van der Waals surface area contributed by atoms with Gasteiger partial charge in [0.2, 0.25) is 5.91 Å². The summed E-state index contributed by atoms with van der Waals surface area (Å²) in [5.74, 6) is 2.19. The fourth-order valence-electron chi connectivity index (χ4n) is 4.15. The van der Waals surface area contributed by atoms with E-state index in [0.717, 1.165) is 89.8 Å². The minimum Gasteiger partial charge on any atom is -0.370 e. The fourth-order valence-corrected chi connectivity index (χ4v) is 4.15. The van der Waals surface area contributed by atoms with Crippen LogP contribution in [0.3, 0.4) is 0 Å². The van der Waals surface area contributed by atoms with Gasteiger partial charge in [0.15, 0.2) is 5.96 Å². The van der Waals surface area contributed by atoms with Crippen molar-refractivity contribution in [2.75, 3.05) is 64.7 Å². The van der Waals surface area contributed by atoms with Crippen molar-refractivity contribution in [2.24, 2.45) is 4.99 Å². The van der Waals surface area contributed by atoms with Crippen molar-refractivity contribution in [3.63, 3.8) is 0 Å². The number of guanidine groups is 1. The molecular formula is C22H38IN7O. The standard InChI is InChI=1S/C22H37N7O.HI/c1-19(21(30)28-13-7-8-14-28)27-15-17-29(18-16-27)22(23-2)26-12-6-5-11-25-20-9-3-4-10-24-20;/h3-4,9-10,19H,5-8,11-18H2,1-2H3,(H,23,26)(H,24,25);1H. The molecule has 0 aromatic carbocycles. The van der Waals surface area contributed by atoms with Crippen LogP contribution in [-0.2, 0) is 4.79 Å². The molecule has 2 N–H and O–H groups in total. The van der Waals surface area contributed by atoms with E-state index in [2.05, 4.69) is 37.3 Å². The second-order valence-corrected chi connectivity index (χ2v) is 8.05. The largest absolute Gasteiger partial charge is 0.370 e. The van der Waals surface area contributed by atoms with Gasteiger partial charge in [-0.05, 0) is 44.7 Å². The smallest absolute Gasteiger partial charge is 0.239 e. The number of nitrogens with one attached hydrogen (secondary N) is 2. The molecule has 0 aliphatic carbocycles. The second kappa shape index (κ2) is 13.7. The third-order valence-corrected chi connectivity index (χ3v) is 6.01. The molecule has 1 atom stereocenters. The first-order valence-corrected chi connectivity index (χ1v) is 11.3. The Morgan fingerprint density at radius 2 is 1.77 bits per heavy atom. The average Bonchev–Trinajstić information content (AvgIpc) is 3.33. The first-order chi connectivity index (χ1) is 14.7. The quantitative estimate of drug-likeness (QED) is 0.227. The van der Waals surface area contributed by atoms with Crippen molar-refractivity contribution in [3.05, 3.63) is 24.4 Å². The number of carbonyl (C=O) groups excluding carboxylic acids is 1. The number of rotatable bonds is 8. The van der Waals surface area contributed by atoms with Gasteiger partial charge in [-0.15, -0.1) is 24.0 Å². The van der Waals surface area contributed by atoms with Gasteiger partial charge in [0.05, 0.1) is 6.04 Å². The highest BCUT2D eigenvalue weighted by Gasteiger charge is 2.30. The molecule has 174 valence electrons. The number of aromatic nitrogens is 1. The molecule has 9 heteroatoms. The van der Waals surface area contributed by atoms with Crippen molar-refractivity contribution in [3.8, 4) is 0 Å². The Morgan fingerprint density at radius 3 is 2.42 bits per heavy atom. The lowest BCUT2D eigenvalue weighted by atomic mass is 10.2. The van der Waals surface area contributed by atoms with Crippen LogP contribution in [0.25, 0.3) is 0 Å². The van der Waals surface area contributed by atoms with Crippen LogP contribution in [0.5, 0.6) is 0 Å². The SMILES string of the molecule is CN=C(NCCCCNc1ccccn1)N1CCN(C(C)C(=O)N2CCCC2)CC1.I. The van der Waals surface area contributed by atoms with Gasteiger partial charge in [0.1, 0.15) is 5.82 Å². The van der Waals surface area contributed by atoms with Gasteiger partial charge >= 0.3 is 0 Å². The number of carbonyl (C=O) groups is 1. The van der Waals surface area contributed by atoms with Gasteiger partial charge in [0.25, 0.3) is 0 Å². The summed E-state index contributed by atoms with van der Waals surface area (Å²) in [5.41, 5.74) is 0. The summed E-state index contributed by atoms with van der Waals surface area (Å²) in [5, 5.41) is 6.83. The van der Waals surface area contributed by atoms with E-state index in [9.17, 15) is 4.79 Å². The molecule has 2 saturated heterocycles. The molecule has 2 aliphatic heterocycles. The Bertz CT molecular complexity index is 674. The number of nitrogens with zero attached hydrogens (tertiary/aromatic N) is 5. The van der Waals surface area contributed by atoms with Crippen LogP contribution in [-0.4, -0.2) is 97.0 Å². The van der Waals surface area contributed by atoms with Gasteiger partial charge in [0, 0.05) is 65.6 Å². The Hall–Kier alpha value is -1.62. The highest BCUT2D eigenvalue weighted by atomic mass is 127. The molecule has 1 amide bonds. The minimum atomic E-state index is -0.0215. The van der Waals surface area contributed by atoms with E-state index in [1.165, 1.54) is 0 Å². The number of halogens is 1. The second-order valence-electron chi connectivity index (χ2n) is 8.05. The molecule has 0 saturated carbocycles. The van der Waals surface area contributed by atoms with E-state index < -0.39 is 0 Å². The molecule has 1 aromatic heterocycles. The summed E-state index contributed by atoms with van der Waals surface area (Å²) in [6.45, 7) is 9.33. The molecule has 1 unspecified atom stereocenters. The highest BCUT2D eigenvalue weighted by Crippen LogP contribution is 2.14. The van der Waals surface area contributed by atoms with Gasteiger partial charge in [-0.3, -0.25) is 14.7 Å². The number of unbranched alkanes of at least 4 members (excludes halogenated alkanes) is 1. The Kier molecular flexibility index (Phi) is 11.3. The van der Waals surface area contributed by atoms with Crippen molar-refractivity contribution < 1.29 is 4.79 Å². The number of hydrogen-bond acceptors (Lipinski definition) is 5. The van der Waals surface area contributed by atoms with Crippen molar-refractivity contribution >= 4 is 41.7 Å². The minimum absolute atomic E-state index is 0. The summed E-state index contributed by atoms with van der Waals surface area (Å²) in [6, 6.07) is 5.88. The number of likely N-dealkylation sites (tertiary alicyclic amines) is 1. The van der Waals surface area contributed by atoms with Crippen LogP contribution in [0.2, 0.25) is 0 Å². The molecule has 31 heavy (non-hydrogen) atoms. The maximum Gasteiger partial charge on any atom is 0.239 e.